The van der Waals surface area contributed by atoms with E-state index in [-0.39, 0.29) is 19.1 Å². The zero-order valence-electron chi connectivity index (χ0n) is 17.7. The van der Waals surface area contributed by atoms with Gasteiger partial charge in [0.2, 0.25) is 6.04 Å². The van der Waals surface area contributed by atoms with Crippen LogP contribution in [0.2, 0.25) is 0 Å². The number of fused-ring (bicyclic) bond motifs is 3. The number of hydrogen-bond acceptors (Lipinski definition) is 6. The highest BCUT2D eigenvalue weighted by Crippen LogP contribution is 2.44. The van der Waals surface area contributed by atoms with Crippen LogP contribution in [-0.4, -0.2) is 54.3 Å². The van der Waals surface area contributed by atoms with E-state index < -0.39 is 36.0 Å². The third-order valence-corrected chi connectivity index (χ3v) is 5.12. The summed E-state index contributed by atoms with van der Waals surface area (Å²) in [7, 11) is 0. The van der Waals surface area contributed by atoms with Gasteiger partial charge >= 0.3 is 18.0 Å². The fourth-order valence-electron chi connectivity index (χ4n) is 3.57. The summed E-state index contributed by atoms with van der Waals surface area (Å²) in [5.74, 6) is -3.51. The molecular weight excluding hydrogens is 416 g/mol. The van der Waals surface area contributed by atoms with Gasteiger partial charge in [0.15, 0.2) is 0 Å². The lowest BCUT2D eigenvalue weighted by molar-refractivity contribution is -0.150. The molecular formula is C23H24N2O7. The summed E-state index contributed by atoms with van der Waals surface area (Å²) < 4.78 is 10.2. The van der Waals surface area contributed by atoms with Gasteiger partial charge in [0.25, 0.3) is 5.91 Å². The summed E-state index contributed by atoms with van der Waals surface area (Å²) in [5, 5.41) is 13.3. The molecule has 9 heteroatoms. The number of hydrogen-bond donors (Lipinski definition) is 3. The van der Waals surface area contributed by atoms with Crippen LogP contribution in [0.1, 0.15) is 30.9 Å². The minimum absolute atomic E-state index is 0.0114. The average Bonchev–Trinajstić information content (AvgIpc) is 3.09. The first kappa shape index (κ1) is 22.8. The van der Waals surface area contributed by atoms with Crippen LogP contribution in [0, 0.1) is 0 Å². The second-order valence-electron chi connectivity index (χ2n) is 7.22. The molecule has 0 aliphatic heterocycles. The van der Waals surface area contributed by atoms with Crippen molar-refractivity contribution in [3.05, 3.63) is 59.7 Å². The molecule has 0 radical (unpaired) electrons. The monoisotopic (exact) mass is 440 g/mol. The van der Waals surface area contributed by atoms with Gasteiger partial charge in [-0.05, 0) is 36.1 Å². The number of carboxylic acid groups (broad SMARTS) is 1. The molecule has 9 nitrogen and oxygen atoms in total. The summed E-state index contributed by atoms with van der Waals surface area (Å²) in [6.07, 6.45) is -0.997. The van der Waals surface area contributed by atoms with Crippen molar-refractivity contribution in [2.75, 3.05) is 13.2 Å². The van der Waals surface area contributed by atoms with E-state index in [4.69, 9.17) is 14.6 Å². The zero-order valence-corrected chi connectivity index (χ0v) is 17.7. The fraction of sp³-hybridized carbons (Fsp3) is 0.304. The van der Waals surface area contributed by atoms with Crippen LogP contribution < -0.4 is 10.6 Å². The number of esters is 1. The summed E-state index contributed by atoms with van der Waals surface area (Å²) in [5.41, 5.74) is 4.14. The Labute approximate surface area is 184 Å². The van der Waals surface area contributed by atoms with Crippen molar-refractivity contribution in [3.8, 4) is 11.1 Å². The number of carbonyl (C=O) groups is 4. The number of rotatable bonds is 8. The predicted octanol–water partition coefficient (Wildman–Crippen LogP) is 2.05. The van der Waals surface area contributed by atoms with Gasteiger partial charge in [-0.2, -0.15) is 0 Å². The van der Waals surface area contributed by atoms with Crippen LogP contribution in [0.4, 0.5) is 4.79 Å². The molecule has 3 N–H and O–H groups in total. The molecule has 1 unspecified atom stereocenters. The van der Waals surface area contributed by atoms with Crippen LogP contribution in [0.3, 0.4) is 0 Å². The third-order valence-electron chi connectivity index (χ3n) is 5.12. The van der Waals surface area contributed by atoms with Gasteiger partial charge in [-0.15, -0.1) is 0 Å². The van der Waals surface area contributed by atoms with Crippen LogP contribution in [0.15, 0.2) is 48.5 Å². The largest absolute Gasteiger partial charge is 0.480 e. The van der Waals surface area contributed by atoms with E-state index in [1.54, 1.807) is 6.92 Å². The molecule has 0 bridgehead atoms. The van der Waals surface area contributed by atoms with Gasteiger partial charge in [0.05, 0.1) is 6.61 Å². The van der Waals surface area contributed by atoms with E-state index in [9.17, 15) is 19.2 Å². The average molecular weight is 440 g/mol. The molecule has 1 aliphatic carbocycles. The van der Waals surface area contributed by atoms with Gasteiger partial charge in [0.1, 0.15) is 12.6 Å². The number of carbonyl (C=O) groups excluding carboxylic acids is 3. The van der Waals surface area contributed by atoms with Crippen LogP contribution in [0.5, 0.6) is 0 Å². The Kier molecular flexibility index (Phi) is 7.09. The highest BCUT2D eigenvalue weighted by atomic mass is 16.6. The van der Waals surface area contributed by atoms with E-state index in [0.717, 1.165) is 22.3 Å². The fourth-order valence-corrected chi connectivity index (χ4v) is 3.57. The Hall–Kier alpha value is -3.88. The molecule has 2 amide bonds. The van der Waals surface area contributed by atoms with Crippen molar-refractivity contribution in [1.29, 1.82) is 0 Å². The Morgan fingerprint density at radius 2 is 1.50 bits per heavy atom. The second kappa shape index (κ2) is 9.95. The minimum atomic E-state index is -1.74. The first-order valence-corrected chi connectivity index (χ1v) is 10.1. The standard InChI is InChI=1S/C23H24N2O7/c1-3-31-22(29)19(20(26)24-13(2)21(27)28)25-23(30)32-12-18-16-10-6-4-8-14(16)15-9-5-7-11-17(15)18/h4-11,13,18-19H,3,12H2,1-2H3,(H,24,26)(H,25,30)(H,27,28)/t13-,19?/m0/s1. The molecule has 0 saturated heterocycles. The Morgan fingerprint density at radius 1 is 0.938 bits per heavy atom. The van der Waals surface area contributed by atoms with E-state index in [2.05, 4.69) is 10.6 Å². The van der Waals surface area contributed by atoms with E-state index in [1.165, 1.54) is 6.92 Å². The van der Waals surface area contributed by atoms with Crippen molar-refractivity contribution in [2.24, 2.45) is 0 Å². The smallest absolute Gasteiger partial charge is 0.408 e. The molecule has 32 heavy (non-hydrogen) atoms. The summed E-state index contributed by atoms with van der Waals surface area (Å²) >= 11 is 0. The van der Waals surface area contributed by atoms with Crippen LogP contribution in [0.25, 0.3) is 11.1 Å². The highest BCUT2D eigenvalue weighted by Gasteiger charge is 2.33. The van der Waals surface area contributed by atoms with Crippen molar-refractivity contribution in [1.82, 2.24) is 10.6 Å². The number of carboxylic acids is 1. The van der Waals surface area contributed by atoms with Crippen molar-refractivity contribution in [2.45, 2.75) is 31.8 Å². The number of nitrogens with one attached hydrogen (secondary N) is 2. The van der Waals surface area contributed by atoms with Crippen LogP contribution >= 0.6 is 0 Å². The van der Waals surface area contributed by atoms with Gasteiger partial charge in [0, 0.05) is 5.92 Å². The van der Waals surface area contributed by atoms with Crippen molar-refractivity contribution < 1.29 is 33.8 Å². The molecule has 2 atom stereocenters. The normalized spacial score (nSPS) is 13.8. The molecule has 0 saturated carbocycles. The topological polar surface area (TPSA) is 131 Å². The maximum absolute atomic E-state index is 12.4. The van der Waals surface area contributed by atoms with Crippen molar-refractivity contribution >= 4 is 23.9 Å². The molecule has 168 valence electrons. The summed E-state index contributed by atoms with van der Waals surface area (Å²) in [4.78, 5) is 47.9. The second-order valence-corrected chi connectivity index (χ2v) is 7.22. The number of ether oxygens (including phenoxy) is 2. The zero-order chi connectivity index (χ0) is 23.3. The van der Waals surface area contributed by atoms with Gasteiger partial charge in [-0.1, -0.05) is 48.5 Å². The molecule has 3 rings (SSSR count). The lowest BCUT2D eigenvalue weighted by Crippen LogP contribution is -2.55. The van der Waals surface area contributed by atoms with Gasteiger partial charge < -0.3 is 19.9 Å². The van der Waals surface area contributed by atoms with Gasteiger partial charge in [-0.3, -0.25) is 14.9 Å². The molecule has 0 heterocycles. The SMILES string of the molecule is CCOC(=O)C(NC(=O)OCC1c2ccccc2-c2ccccc21)C(=O)N[C@@H](C)C(=O)O. The maximum Gasteiger partial charge on any atom is 0.408 e. The quantitative estimate of drug-likeness (QED) is 0.423. The molecule has 1 aliphatic rings. The van der Waals surface area contributed by atoms with Crippen LogP contribution in [-0.2, 0) is 23.9 Å². The van der Waals surface area contributed by atoms with E-state index in [1.807, 2.05) is 48.5 Å². The molecule has 0 aromatic heterocycles. The summed E-state index contributed by atoms with van der Waals surface area (Å²) in [6.45, 7) is 2.74. The molecule has 0 spiro atoms. The Balaban J connectivity index is 1.69. The highest BCUT2D eigenvalue weighted by molar-refractivity contribution is 6.05. The molecule has 0 fully saturated rings. The maximum atomic E-state index is 12.4. The Morgan fingerprint density at radius 3 is 2.03 bits per heavy atom. The Bertz CT molecular complexity index is 991. The minimum Gasteiger partial charge on any atom is -0.480 e. The number of amides is 2. The lowest BCUT2D eigenvalue weighted by atomic mass is 9.98. The molecule has 2 aromatic rings. The van der Waals surface area contributed by atoms with E-state index in [0.29, 0.717) is 0 Å². The number of benzene rings is 2. The van der Waals surface area contributed by atoms with E-state index >= 15 is 0 Å². The number of alkyl carbamates (subject to hydrolysis) is 1. The first-order chi connectivity index (χ1) is 15.3. The predicted molar refractivity (Wildman–Crippen MR) is 114 cm³/mol. The lowest BCUT2D eigenvalue weighted by Gasteiger charge is -2.19. The van der Waals surface area contributed by atoms with Gasteiger partial charge in [-0.25, -0.2) is 9.59 Å². The first-order valence-electron chi connectivity index (χ1n) is 10.1. The van der Waals surface area contributed by atoms with Crippen molar-refractivity contribution in [3.63, 3.8) is 0 Å². The third kappa shape index (κ3) is 4.88. The molecule has 2 aromatic carbocycles. The number of aliphatic carboxylic acids is 1. The summed E-state index contributed by atoms with van der Waals surface area (Å²) in [6, 6.07) is 12.6.